The fourth-order valence-corrected chi connectivity index (χ4v) is 1.62. The molecule has 0 fully saturated rings. The maximum absolute atomic E-state index is 12.5. The van der Waals surface area contributed by atoms with Crippen LogP contribution in [0, 0.1) is 0 Å². The van der Waals surface area contributed by atoms with Gasteiger partial charge in [-0.1, -0.05) is 11.6 Å². The molecule has 6 heteroatoms. The average molecular weight is 225 g/mol. The van der Waals surface area contributed by atoms with Crippen LogP contribution in [0.1, 0.15) is 0 Å². The predicted molar refractivity (Wildman–Crippen MR) is 46.3 cm³/mol. The van der Waals surface area contributed by atoms with Gasteiger partial charge in [-0.05, 0) is 12.1 Å². The number of rotatable bonds is 2. The molecule has 0 saturated carbocycles. The lowest BCUT2D eigenvalue weighted by Crippen LogP contribution is -1.96. The molecule has 72 valence electrons. The second-order valence-corrected chi connectivity index (χ2v) is 3.98. The Labute approximate surface area is 80.3 Å². The first-order chi connectivity index (χ1) is 5.95. The van der Waals surface area contributed by atoms with Crippen molar-refractivity contribution in [2.24, 2.45) is 0 Å². The molecule has 0 N–H and O–H groups in total. The first-order valence-electron chi connectivity index (χ1n) is 3.23. The molecule has 0 spiro atoms. The van der Waals surface area contributed by atoms with Crippen LogP contribution < -0.4 is 4.74 Å². The molecular weight excluding hydrogens is 219 g/mol. The van der Waals surface area contributed by atoms with E-state index in [4.69, 9.17) is 11.6 Å². The van der Waals surface area contributed by atoms with Gasteiger partial charge in [-0.15, -0.1) is 3.89 Å². The van der Waals surface area contributed by atoms with Gasteiger partial charge in [0.25, 0.3) is 0 Å². The van der Waals surface area contributed by atoms with Crippen LogP contribution in [-0.4, -0.2) is 15.5 Å². The SMILES string of the molecule is COc1cc(Cl)ccc1S(=O)(=O)F. The first kappa shape index (κ1) is 10.3. The highest BCUT2D eigenvalue weighted by Crippen LogP contribution is 2.28. The second-order valence-electron chi connectivity index (χ2n) is 2.23. The van der Waals surface area contributed by atoms with E-state index in [0.29, 0.717) is 0 Å². The normalized spacial score (nSPS) is 11.3. The van der Waals surface area contributed by atoms with E-state index in [1.807, 2.05) is 0 Å². The smallest absolute Gasteiger partial charge is 0.335 e. The van der Waals surface area contributed by atoms with E-state index in [-0.39, 0.29) is 10.8 Å². The van der Waals surface area contributed by atoms with Gasteiger partial charge < -0.3 is 4.74 Å². The van der Waals surface area contributed by atoms with Crippen LogP contribution in [0.3, 0.4) is 0 Å². The Morgan fingerprint density at radius 2 is 2.08 bits per heavy atom. The molecule has 0 aliphatic heterocycles. The molecule has 0 saturated heterocycles. The summed E-state index contributed by atoms with van der Waals surface area (Å²) >= 11 is 5.55. The minimum absolute atomic E-state index is 0.102. The Morgan fingerprint density at radius 1 is 1.46 bits per heavy atom. The van der Waals surface area contributed by atoms with Gasteiger partial charge in [0.1, 0.15) is 10.6 Å². The lowest BCUT2D eigenvalue weighted by Gasteiger charge is -2.04. The molecule has 0 heterocycles. The van der Waals surface area contributed by atoms with Crippen molar-refractivity contribution in [2.75, 3.05) is 7.11 Å². The van der Waals surface area contributed by atoms with Crippen LogP contribution >= 0.6 is 11.6 Å². The van der Waals surface area contributed by atoms with Crippen molar-refractivity contribution < 1.29 is 17.0 Å². The van der Waals surface area contributed by atoms with Gasteiger partial charge >= 0.3 is 10.2 Å². The summed E-state index contributed by atoms with van der Waals surface area (Å²) in [6, 6.07) is 3.56. The maximum Gasteiger partial charge on any atom is 0.335 e. The number of methoxy groups -OCH3 is 1. The highest BCUT2D eigenvalue weighted by molar-refractivity contribution is 7.86. The monoisotopic (exact) mass is 224 g/mol. The fraction of sp³-hybridized carbons (Fsp3) is 0.143. The fourth-order valence-electron chi connectivity index (χ4n) is 0.843. The Morgan fingerprint density at radius 3 is 2.54 bits per heavy atom. The molecule has 1 rings (SSSR count). The number of benzene rings is 1. The van der Waals surface area contributed by atoms with E-state index in [2.05, 4.69) is 4.74 Å². The van der Waals surface area contributed by atoms with Crippen molar-refractivity contribution in [3.8, 4) is 5.75 Å². The van der Waals surface area contributed by atoms with Crippen LogP contribution in [0.2, 0.25) is 5.02 Å². The van der Waals surface area contributed by atoms with Gasteiger partial charge in [0, 0.05) is 11.1 Å². The summed E-state index contributed by atoms with van der Waals surface area (Å²) in [5, 5.41) is 0.282. The van der Waals surface area contributed by atoms with E-state index < -0.39 is 15.1 Å². The van der Waals surface area contributed by atoms with Crippen LogP contribution in [-0.2, 0) is 10.2 Å². The second kappa shape index (κ2) is 3.51. The summed E-state index contributed by atoms with van der Waals surface area (Å²) in [5.41, 5.74) is 0. The van der Waals surface area contributed by atoms with E-state index in [0.717, 1.165) is 6.07 Å². The zero-order valence-electron chi connectivity index (χ0n) is 6.62. The summed E-state index contributed by atoms with van der Waals surface area (Å²) in [7, 11) is -3.51. The topological polar surface area (TPSA) is 43.4 Å². The molecule has 0 bridgehead atoms. The first-order valence-corrected chi connectivity index (χ1v) is 4.99. The Kier molecular flexibility index (Phi) is 2.77. The summed E-state index contributed by atoms with van der Waals surface area (Å²) < 4.78 is 38.3. The van der Waals surface area contributed by atoms with Gasteiger partial charge in [-0.3, -0.25) is 0 Å². The molecule has 0 atom stereocenters. The van der Waals surface area contributed by atoms with Gasteiger partial charge in [0.05, 0.1) is 7.11 Å². The molecule has 13 heavy (non-hydrogen) atoms. The summed E-state index contributed by atoms with van der Waals surface area (Å²) in [6.45, 7) is 0. The molecule has 0 radical (unpaired) electrons. The summed E-state index contributed by atoms with van der Waals surface area (Å²) in [6.07, 6.45) is 0. The minimum atomic E-state index is -4.75. The Balaban J connectivity index is 3.39. The summed E-state index contributed by atoms with van der Waals surface area (Å²) in [4.78, 5) is -0.514. The zero-order chi connectivity index (χ0) is 10.1. The van der Waals surface area contributed by atoms with Crippen molar-refractivity contribution in [3.63, 3.8) is 0 Å². The van der Waals surface area contributed by atoms with Crippen molar-refractivity contribution in [2.45, 2.75) is 4.90 Å². The molecule has 0 aromatic heterocycles. The van der Waals surface area contributed by atoms with Crippen molar-refractivity contribution >= 4 is 21.8 Å². The highest BCUT2D eigenvalue weighted by Gasteiger charge is 2.17. The Hall–Kier alpha value is -0.810. The molecule has 0 aliphatic rings. The molecule has 3 nitrogen and oxygen atoms in total. The molecule has 1 aromatic rings. The van der Waals surface area contributed by atoms with Crippen molar-refractivity contribution in [1.29, 1.82) is 0 Å². The van der Waals surface area contributed by atoms with Crippen LogP contribution in [0.15, 0.2) is 23.1 Å². The van der Waals surface area contributed by atoms with Crippen LogP contribution in [0.5, 0.6) is 5.75 Å². The lowest BCUT2D eigenvalue weighted by atomic mass is 10.3. The predicted octanol–water partition coefficient (Wildman–Crippen LogP) is 2.01. The van der Waals surface area contributed by atoms with E-state index >= 15 is 0 Å². The molecular formula is C7H6ClFO3S. The standard InChI is InChI=1S/C7H6ClFO3S/c1-12-6-4-5(8)2-3-7(6)13(9,10)11/h2-4H,1H3. The highest BCUT2D eigenvalue weighted by atomic mass is 35.5. The molecule has 1 aromatic carbocycles. The number of hydrogen-bond donors (Lipinski definition) is 0. The largest absolute Gasteiger partial charge is 0.495 e. The third kappa shape index (κ3) is 2.32. The zero-order valence-corrected chi connectivity index (χ0v) is 8.19. The molecule has 0 amide bonds. The molecule has 0 aliphatic carbocycles. The number of ether oxygens (including phenoxy) is 1. The van der Waals surface area contributed by atoms with Gasteiger partial charge in [-0.25, -0.2) is 0 Å². The van der Waals surface area contributed by atoms with Crippen LogP contribution in [0.25, 0.3) is 0 Å². The Bertz CT molecular complexity index is 416. The van der Waals surface area contributed by atoms with Gasteiger partial charge in [0.2, 0.25) is 0 Å². The number of hydrogen-bond acceptors (Lipinski definition) is 3. The van der Waals surface area contributed by atoms with Crippen LogP contribution in [0.4, 0.5) is 3.89 Å². The molecule has 0 unspecified atom stereocenters. The van der Waals surface area contributed by atoms with Crippen molar-refractivity contribution in [3.05, 3.63) is 23.2 Å². The van der Waals surface area contributed by atoms with E-state index in [1.54, 1.807) is 0 Å². The lowest BCUT2D eigenvalue weighted by molar-refractivity contribution is 0.401. The van der Waals surface area contributed by atoms with Gasteiger partial charge in [0.15, 0.2) is 0 Å². The quantitative estimate of drug-likeness (QED) is 0.722. The third-order valence-electron chi connectivity index (χ3n) is 1.39. The summed E-state index contributed by atoms with van der Waals surface area (Å²) in [5.74, 6) is -0.102. The van der Waals surface area contributed by atoms with E-state index in [9.17, 15) is 12.3 Å². The van der Waals surface area contributed by atoms with Gasteiger partial charge in [-0.2, -0.15) is 8.42 Å². The van der Waals surface area contributed by atoms with E-state index in [1.165, 1.54) is 19.2 Å². The third-order valence-corrected chi connectivity index (χ3v) is 2.49. The minimum Gasteiger partial charge on any atom is -0.495 e. The van der Waals surface area contributed by atoms with Crippen molar-refractivity contribution in [1.82, 2.24) is 0 Å². The maximum atomic E-state index is 12.5. The number of halogens is 2. The average Bonchev–Trinajstić information content (AvgIpc) is 2.01.